The van der Waals surface area contributed by atoms with Gasteiger partial charge < -0.3 is 10.4 Å². The van der Waals surface area contributed by atoms with Gasteiger partial charge in [0.15, 0.2) is 0 Å². The zero-order valence-corrected chi connectivity index (χ0v) is 10.1. The Balaban J connectivity index is 2.78. The van der Waals surface area contributed by atoms with Crippen molar-refractivity contribution >= 4 is 21.9 Å². The topological polar surface area (TPSA) is 49.3 Å². The van der Waals surface area contributed by atoms with Gasteiger partial charge in [-0.25, -0.2) is 0 Å². The lowest BCUT2D eigenvalue weighted by atomic mass is 9.96. The van der Waals surface area contributed by atoms with Crippen LogP contribution in [0.2, 0.25) is 0 Å². The van der Waals surface area contributed by atoms with Crippen LogP contribution in [-0.2, 0) is 4.79 Å². The van der Waals surface area contributed by atoms with Gasteiger partial charge in [-0.15, -0.1) is 0 Å². The number of aliphatic carboxylic acids is 1. The Morgan fingerprint density at radius 3 is 2.53 bits per heavy atom. The number of carboxylic acid groups (broad SMARTS) is 1. The molecule has 0 aliphatic rings. The number of hydrogen-bond acceptors (Lipinski definition) is 2. The van der Waals surface area contributed by atoms with E-state index in [1.54, 1.807) is 0 Å². The van der Waals surface area contributed by atoms with Crippen molar-refractivity contribution in [3.8, 4) is 0 Å². The third-order valence-corrected chi connectivity index (χ3v) is 2.74. The standard InChI is InChI=1S/C11H14BrNO2/c1-13-7-9(6-11(14)15)8-2-4-10(12)5-3-8/h2-5,9,13H,6-7H2,1H3,(H,14,15). The Labute approximate surface area is 97.6 Å². The van der Waals surface area contributed by atoms with Crippen molar-refractivity contribution in [1.82, 2.24) is 5.32 Å². The molecule has 1 atom stereocenters. The molecule has 3 nitrogen and oxygen atoms in total. The van der Waals surface area contributed by atoms with E-state index >= 15 is 0 Å². The van der Waals surface area contributed by atoms with E-state index in [1.165, 1.54) is 0 Å². The maximum atomic E-state index is 10.7. The zero-order chi connectivity index (χ0) is 11.3. The van der Waals surface area contributed by atoms with Crippen LogP contribution in [0.1, 0.15) is 17.9 Å². The minimum atomic E-state index is -0.766. The quantitative estimate of drug-likeness (QED) is 0.864. The van der Waals surface area contributed by atoms with Gasteiger partial charge in [-0.2, -0.15) is 0 Å². The highest BCUT2D eigenvalue weighted by Gasteiger charge is 2.14. The highest BCUT2D eigenvalue weighted by atomic mass is 79.9. The molecule has 1 aromatic carbocycles. The van der Waals surface area contributed by atoms with Gasteiger partial charge in [-0.05, 0) is 24.7 Å². The highest BCUT2D eigenvalue weighted by molar-refractivity contribution is 9.10. The molecule has 0 aromatic heterocycles. The first-order valence-corrected chi connectivity index (χ1v) is 5.54. The van der Waals surface area contributed by atoms with Gasteiger partial charge in [0.25, 0.3) is 0 Å². The molecular weight excluding hydrogens is 258 g/mol. The van der Waals surface area contributed by atoms with Crippen LogP contribution >= 0.6 is 15.9 Å². The van der Waals surface area contributed by atoms with Crippen molar-refractivity contribution in [3.05, 3.63) is 34.3 Å². The first-order valence-electron chi connectivity index (χ1n) is 4.75. The summed E-state index contributed by atoms with van der Waals surface area (Å²) in [6.07, 6.45) is 0.155. The average molecular weight is 272 g/mol. The van der Waals surface area contributed by atoms with Crippen molar-refractivity contribution in [2.24, 2.45) is 0 Å². The summed E-state index contributed by atoms with van der Waals surface area (Å²) in [5, 5.41) is 11.8. The number of halogens is 1. The number of likely N-dealkylation sites (N-methyl/N-ethyl adjacent to an activating group) is 1. The first-order chi connectivity index (χ1) is 7.13. The summed E-state index contributed by atoms with van der Waals surface area (Å²) in [6, 6.07) is 7.77. The van der Waals surface area contributed by atoms with E-state index in [-0.39, 0.29) is 12.3 Å². The Morgan fingerprint density at radius 2 is 2.07 bits per heavy atom. The Kier molecular flexibility index (Phi) is 4.78. The van der Waals surface area contributed by atoms with Gasteiger partial charge in [0.05, 0.1) is 6.42 Å². The lowest BCUT2D eigenvalue weighted by molar-refractivity contribution is -0.137. The summed E-state index contributed by atoms with van der Waals surface area (Å²) in [5.41, 5.74) is 1.05. The average Bonchev–Trinajstić information content (AvgIpc) is 2.17. The largest absolute Gasteiger partial charge is 0.481 e. The molecule has 0 radical (unpaired) electrons. The van der Waals surface area contributed by atoms with Crippen molar-refractivity contribution in [2.45, 2.75) is 12.3 Å². The van der Waals surface area contributed by atoms with Crippen molar-refractivity contribution in [3.63, 3.8) is 0 Å². The minimum Gasteiger partial charge on any atom is -0.481 e. The summed E-state index contributed by atoms with van der Waals surface area (Å²) in [6.45, 7) is 0.675. The van der Waals surface area contributed by atoms with E-state index in [0.29, 0.717) is 6.54 Å². The van der Waals surface area contributed by atoms with E-state index in [0.717, 1.165) is 10.0 Å². The van der Waals surface area contributed by atoms with Gasteiger partial charge in [0, 0.05) is 16.9 Å². The van der Waals surface area contributed by atoms with E-state index in [9.17, 15) is 4.79 Å². The molecule has 1 rings (SSSR count). The summed E-state index contributed by atoms with van der Waals surface area (Å²) >= 11 is 3.35. The third kappa shape index (κ3) is 4.01. The normalized spacial score (nSPS) is 12.4. The summed E-state index contributed by atoms with van der Waals surface area (Å²) < 4.78 is 1.00. The number of nitrogens with one attached hydrogen (secondary N) is 1. The van der Waals surface area contributed by atoms with Crippen LogP contribution < -0.4 is 5.32 Å². The monoisotopic (exact) mass is 271 g/mol. The fraction of sp³-hybridized carbons (Fsp3) is 0.364. The molecule has 0 aliphatic heterocycles. The zero-order valence-electron chi connectivity index (χ0n) is 8.53. The van der Waals surface area contributed by atoms with Crippen LogP contribution in [-0.4, -0.2) is 24.7 Å². The maximum Gasteiger partial charge on any atom is 0.304 e. The summed E-state index contributed by atoms with van der Waals surface area (Å²) in [4.78, 5) is 10.7. The molecule has 1 unspecified atom stereocenters. The van der Waals surface area contributed by atoms with Gasteiger partial charge >= 0.3 is 5.97 Å². The van der Waals surface area contributed by atoms with Crippen molar-refractivity contribution < 1.29 is 9.90 Å². The fourth-order valence-electron chi connectivity index (χ4n) is 1.50. The molecule has 2 N–H and O–H groups in total. The molecule has 0 aliphatic carbocycles. The van der Waals surface area contributed by atoms with Crippen LogP contribution in [0.25, 0.3) is 0 Å². The van der Waals surface area contributed by atoms with Gasteiger partial charge in [0.2, 0.25) is 0 Å². The predicted molar refractivity (Wildman–Crippen MR) is 63.1 cm³/mol. The van der Waals surface area contributed by atoms with Gasteiger partial charge in [0.1, 0.15) is 0 Å². The van der Waals surface area contributed by atoms with E-state index in [4.69, 9.17) is 5.11 Å². The van der Waals surface area contributed by atoms with Crippen LogP contribution in [0.5, 0.6) is 0 Å². The number of carboxylic acids is 1. The first kappa shape index (κ1) is 12.2. The molecule has 4 heteroatoms. The van der Waals surface area contributed by atoms with E-state index in [1.807, 2.05) is 31.3 Å². The smallest absolute Gasteiger partial charge is 0.304 e. The second-order valence-electron chi connectivity index (χ2n) is 3.40. The molecular formula is C11H14BrNO2. The second kappa shape index (κ2) is 5.88. The predicted octanol–water partition coefficient (Wildman–Crippen LogP) is 2.23. The molecule has 0 saturated heterocycles. The Bertz CT molecular complexity index is 324. The lowest BCUT2D eigenvalue weighted by Crippen LogP contribution is -2.19. The van der Waals surface area contributed by atoms with E-state index in [2.05, 4.69) is 21.2 Å². The second-order valence-corrected chi connectivity index (χ2v) is 4.32. The maximum absolute atomic E-state index is 10.7. The minimum absolute atomic E-state index is 0.0283. The number of hydrogen-bond donors (Lipinski definition) is 2. The van der Waals surface area contributed by atoms with Crippen LogP contribution in [0.3, 0.4) is 0 Å². The van der Waals surface area contributed by atoms with Crippen LogP contribution in [0.4, 0.5) is 0 Å². The number of rotatable bonds is 5. The summed E-state index contributed by atoms with van der Waals surface area (Å²) in [5.74, 6) is -0.737. The highest BCUT2D eigenvalue weighted by Crippen LogP contribution is 2.21. The molecule has 15 heavy (non-hydrogen) atoms. The molecule has 0 bridgehead atoms. The van der Waals surface area contributed by atoms with Crippen LogP contribution in [0, 0.1) is 0 Å². The summed E-state index contributed by atoms with van der Waals surface area (Å²) in [7, 11) is 1.83. The van der Waals surface area contributed by atoms with Crippen LogP contribution in [0.15, 0.2) is 28.7 Å². The number of carbonyl (C=O) groups is 1. The third-order valence-electron chi connectivity index (χ3n) is 2.21. The Morgan fingerprint density at radius 1 is 1.47 bits per heavy atom. The van der Waals surface area contributed by atoms with Gasteiger partial charge in [-0.3, -0.25) is 4.79 Å². The lowest BCUT2D eigenvalue weighted by Gasteiger charge is -2.14. The molecule has 0 heterocycles. The molecule has 0 saturated carbocycles. The SMILES string of the molecule is CNCC(CC(=O)O)c1ccc(Br)cc1. The molecule has 82 valence electrons. The fourth-order valence-corrected chi connectivity index (χ4v) is 1.76. The molecule has 0 spiro atoms. The molecule has 1 aromatic rings. The van der Waals surface area contributed by atoms with Crippen molar-refractivity contribution in [2.75, 3.05) is 13.6 Å². The van der Waals surface area contributed by atoms with Crippen molar-refractivity contribution in [1.29, 1.82) is 0 Å². The molecule has 0 amide bonds. The van der Waals surface area contributed by atoms with E-state index < -0.39 is 5.97 Å². The Hall–Kier alpha value is -0.870. The number of benzene rings is 1. The molecule has 0 fully saturated rings. The van der Waals surface area contributed by atoms with Gasteiger partial charge in [-0.1, -0.05) is 28.1 Å².